The maximum atomic E-state index is 12.1. The fourth-order valence-corrected chi connectivity index (χ4v) is 3.94. The van der Waals surface area contributed by atoms with Crippen molar-refractivity contribution in [2.75, 3.05) is 39.2 Å². The van der Waals surface area contributed by atoms with Crippen LogP contribution in [0, 0.1) is 0 Å². The van der Waals surface area contributed by atoms with E-state index in [4.69, 9.17) is 4.74 Å². The van der Waals surface area contributed by atoms with Gasteiger partial charge in [0, 0.05) is 30.4 Å². The molecule has 1 unspecified atom stereocenters. The molecule has 0 bridgehead atoms. The maximum absolute atomic E-state index is 12.1. The lowest BCUT2D eigenvalue weighted by Crippen LogP contribution is -2.36. The molecule has 1 N–H and O–H groups in total. The Morgan fingerprint density at radius 3 is 2.32 bits per heavy atom. The highest BCUT2D eigenvalue weighted by molar-refractivity contribution is 5.82. The minimum atomic E-state index is -1.24. The van der Waals surface area contributed by atoms with Gasteiger partial charge in [0.2, 0.25) is 0 Å². The smallest absolute Gasteiger partial charge is 0.144 e. The summed E-state index contributed by atoms with van der Waals surface area (Å²) in [6, 6.07) is 23.8. The van der Waals surface area contributed by atoms with Crippen molar-refractivity contribution in [1.29, 1.82) is 0 Å². The van der Waals surface area contributed by atoms with E-state index in [9.17, 15) is 5.11 Å². The molecule has 4 nitrogen and oxygen atoms in total. The first-order chi connectivity index (χ1) is 13.5. The minimum Gasteiger partial charge on any atom is -0.490 e. The van der Waals surface area contributed by atoms with Gasteiger partial charge in [-0.1, -0.05) is 60.7 Å². The molecule has 28 heavy (non-hydrogen) atoms. The Kier molecular flexibility index (Phi) is 4.84. The van der Waals surface area contributed by atoms with Crippen LogP contribution >= 0.6 is 0 Å². The molecule has 0 amide bonds. The van der Waals surface area contributed by atoms with Crippen LogP contribution in [0.3, 0.4) is 0 Å². The van der Waals surface area contributed by atoms with Gasteiger partial charge in [0.15, 0.2) is 0 Å². The largest absolute Gasteiger partial charge is 0.490 e. The molecular formula is C24H26N2O2. The van der Waals surface area contributed by atoms with Crippen molar-refractivity contribution in [2.45, 2.75) is 5.60 Å². The molecule has 0 fully saturated rings. The van der Waals surface area contributed by atoms with Gasteiger partial charge in [-0.15, -0.1) is 0 Å². The van der Waals surface area contributed by atoms with Gasteiger partial charge in [0.05, 0.1) is 5.69 Å². The lowest BCUT2D eigenvalue weighted by Gasteiger charge is -2.42. The van der Waals surface area contributed by atoms with Crippen molar-refractivity contribution in [1.82, 2.24) is 4.90 Å². The van der Waals surface area contributed by atoms with E-state index in [1.54, 1.807) is 0 Å². The minimum absolute atomic E-state index is 0.586. The first kappa shape index (κ1) is 18.5. The molecule has 0 radical (unpaired) electrons. The normalized spacial score (nSPS) is 18.0. The summed E-state index contributed by atoms with van der Waals surface area (Å²) in [5.41, 5.74) is 3.21. The highest BCUT2D eigenvalue weighted by Gasteiger charge is 2.43. The molecule has 1 aliphatic heterocycles. The van der Waals surface area contributed by atoms with E-state index in [0.29, 0.717) is 6.61 Å². The third-order valence-corrected chi connectivity index (χ3v) is 5.37. The number of nitrogens with zero attached hydrogens (tertiary/aromatic N) is 2. The van der Waals surface area contributed by atoms with E-state index >= 15 is 0 Å². The molecule has 1 aliphatic rings. The Bertz CT molecular complexity index is 971. The van der Waals surface area contributed by atoms with Crippen molar-refractivity contribution in [3.8, 4) is 5.75 Å². The highest BCUT2D eigenvalue weighted by atomic mass is 16.5. The van der Waals surface area contributed by atoms with Gasteiger partial charge < -0.3 is 19.6 Å². The Balaban J connectivity index is 1.90. The van der Waals surface area contributed by atoms with Crippen LogP contribution in [0.1, 0.15) is 16.7 Å². The fraction of sp³-hybridized carbons (Fsp3) is 0.250. The van der Waals surface area contributed by atoms with Crippen LogP contribution in [-0.2, 0) is 5.60 Å². The first-order valence-electron chi connectivity index (χ1n) is 9.55. The van der Waals surface area contributed by atoms with E-state index in [2.05, 4.69) is 9.80 Å². The summed E-state index contributed by atoms with van der Waals surface area (Å²) in [4.78, 5) is 4.21. The Morgan fingerprint density at radius 2 is 1.57 bits per heavy atom. The molecule has 0 aromatic heterocycles. The van der Waals surface area contributed by atoms with Gasteiger partial charge in [-0.05, 0) is 31.8 Å². The van der Waals surface area contributed by atoms with E-state index in [1.165, 1.54) is 0 Å². The maximum Gasteiger partial charge on any atom is 0.144 e. The molecule has 0 saturated heterocycles. The molecule has 144 valence electrons. The van der Waals surface area contributed by atoms with Gasteiger partial charge in [-0.3, -0.25) is 0 Å². The molecule has 0 saturated carbocycles. The monoisotopic (exact) mass is 374 g/mol. The average Bonchev–Trinajstić information content (AvgIpc) is 2.72. The lowest BCUT2D eigenvalue weighted by atomic mass is 9.76. The summed E-state index contributed by atoms with van der Waals surface area (Å²) in [5.74, 6) is 0.783. The molecule has 3 aromatic carbocycles. The number of likely N-dealkylation sites (N-methyl/N-ethyl adjacent to an activating group) is 1. The summed E-state index contributed by atoms with van der Waals surface area (Å²) < 4.78 is 6.14. The molecule has 3 aromatic rings. The second-order valence-electron chi connectivity index (χ2n) is 7.46. The van der Waals surface area contributed by atoms with Crippen LogP contribution < -0.4 is 9.64 Å². The number of anilines is 2. The van der Waals surface area contributed by atoms with Crippen LogP contribution in [0.5, 0.6) is 5.75 Å². The van der Waals surface area contributed by atoms with Crippen LogP contribution in [0.25, 0.3) is 0 Å². The number of fused-ring (bicyclic) bond motifs is 2. The van der Waals surface area contributed by atoms with Crippen molar-refractivity contribution in [2.24, 2.45) is 0 Å². The van der Waals surface area contributed by atoms with E-state index < -0.39 is 5.60 Å². The van der Waals surface area contributed by atoms with Crippen LogP contribution in [-0.4, -0.2) is 44.3 Å². The average molecular weight is 374 g/mol. The second kappa shape index (κ2) is 7.30. The number of hydrogen-bond donors (Lipinski definition) is 1. The van der Waals surface area contributed by atoms with Crippen LogP contribution in [0.4, 0.5) is 11.4 Å². The Labute approximate surface area is 166 Å². The molecular weight excluding hydrogens is 348 g/mol. The first-order valence-corrected chi connectivity index (χ1v) is 9.55. The Hall–Kier alpha value is -2.82. The SMILES string of the molecule is CN(C)CCOc1cccc2c1N(C)c1ccccc1C2(O)c1ccccc1. The molecule has 1 atom stereocenters. The second-order valence-corrected chi connectivity index (χ2v) is 7.46. The fourth-order valence-electron chi connectivity index (χ4n) is 3.94. The predicted molar refractivity (Wildman–Crippen MR) is 114 cm³/mol. The topological polar surface area (TPSA) is 35.9 Å². The van der Waals surface area contributed by atoms with Gasteiger partial charge in [0.25, 0.3) is 0 Å². The van der Waals surface area contributed by atoms with Crippen molar-refractivity contribution in [3.05, 3.63) is 89.5 Å². The van der Waals surface area contributed by atoms with Gasteiger partial charge >= 0.3 is 0 Å². The molecule has 0 aliphatic carbocycles. The number of rotatable bonds is 5. The summed E-state index contributed by atoms with van der Waals surface area (Å²) in [6.07, 6.45) is 0. The molecule has 4 rings (SSSR count). The van der Waals surface area contributed by atoms with Crippen LogP contribution in [0.15, 0.2) is 72.8 Å². The lowest BCUT2D eigenvalue weighted by molar-refractivity contribution is 0.124. The Morgan fingerprint density at radius 1 is 0.893 bits per heavy atom. The standard InChI is InChI=1S/C24H26N2O2/c1-25(2)16-17-28-22-15-9-13-20-23(22)26(3)21-14-8-7-12-19(21)24(20,27)18-10-5-4-6-11-18/h4-15,27H,16-17H2,1-3H3. The zero-order valence-electron chi connectivity index (χ0n) is 16.6. The van der Waals surface area contributed by atoms with Crippen molar-refractivity contribution >= 4 is 11.4 Å². The van der Waals surface area contributed by atoms with Crippen molar-refractivity contribution in [3.63, 3.8) is 0 Å². The third kappa shape index (κ3) is 2.95. The van der Waals surface area contributed by atoms with E-state index in [0.717, 1.165) is 40.4 Å². The highest BCUT2D eigenvalue weighted by Crippen LogP contribution is 2.53. The summed E-state index contributed by atoms with van der Waals surface area (Å²) in [6.45, 7) is 1.41. The number of aliphatic hydroxyl groups is 1. The number of benzene rings is 3. The summed E-state index contributed by atoms with van der Waals surface area (Å²) in [5, 5.41) is 12.1. The van der Waals surface area contributed by atoms with Gasteiger partial charge in [-0.25, -0.2) is 0 Å². The van der Waals surface area contributed by atoms with E-state index in [-0.39, 0.29) is 0 Å². The molecule has 0 spiro atoms. The summed E-state index contributed by atoms with van der Waals surface area (Å²) in [7, 11) is 6.09. The van der Waals surface area contributed by atoms with Gasteiger partial charge in [0.1, 0.15) is 18.0 Å². The molecule has 1 heterocycles. The van der Waals surface area contributed by atoms with Crippen molar-refractivity contribution < 1.29 is 9.84 Å². The third-order valence-electron chi connectivity index (χ3n) is 5.37. The van der Waals surface area contributed by atoms with Gasteiger partial charge in [-0.2, -0.15) is 0 Å². The number of hydrogen-bond acceptors (Lipinski definition) is 4. The quantitative estimate of drug-likeness (QED) is 0.732. The van der Waals surface area contributed by atoms with E-state index in [1.807, 2.05) is 93.9 Å². The predicted octanol–water partition coefficient (Wildman–Crippen LogP) is 3.99. The molecule has 4 heteroatoms. The number of para-hydroxylation sites is 2. The number of ether oxygens (including phenoxy) is 1. The summed E-state index contributed by atoms with van der Waals surface area (Å²) >= 11 is 0. The zero-order chi connectivity index (χ0) is 19.7. The zero-order valence-corrected chi connectivity index (χ0v) is 16.6. The van der Waals surface area contributed by atoms with Crippen LogP contribution in [0.2, 0.25) is 0 Å².